The van der Waals surface area contributed by atoms with Crippen LogP contribution in [-0.2, 0) is 14.3 Å². The fraction of sp³-hybridized carbons (Fsp3) is 0.636. The summed E-state index contributed by atoms with van der Waals surface area (Å²) in [6.45, 7) is 0.813. The molecule has 0 bridgehead atoms. The molecule has 1 aliphatic carbocycles. The number of ether oxygens (including phenoxy) is 1. The molecular weight excluding hydrogens is 194 g/mol. The lowest BCUT2D eigenvalue weighted by Gasteiger charge is -2.25. The highest BCUT2D eigenvalue weighted by Gasteiger charge is 2.47. The largest absolute Gasteiger partial charge is 0.373 e. The van der Waals surface area contributed by atoms with Crippen molar-refractivity contribution in [1.29, 1.82) is 0 Å². The highest BCUT2D eigenvalue weighted by Crippen LogP contribution is 2.38. The predicted octanol–water partition coefficient (Wildman–Crippen LogP) is 0.240. The third kappa shape index (κ3) is 1.49. The number of hydrogen-bond acceptors (Lipinski definition) is 3. The maximum atomic E-state index is 11.6. The standard InChI is InChI=1S/C11H13NO3/c13-10-8-3-1-2-6(4-7-5-15-7)9(8)11(14)12-10/h1,3,6-9H,2,4-5H2,(H,12,13,14). The van der Waals surface area contributed by atoms with Crippen molar-refractivity contribution in [2.75, 3.05) is 6.61 Å². The Labute approximate surface area is 87.7 Å². The molecule has 4 nitrogen and oxygen atoms in total. The molecule has 80 valence electrons. The number of imide groups is 1. The summed E-state index contributed by atoms with van der Waals surface area (Å²) in [6, 6.07) is 0. The number of rotatable bonds is 2. The average Bonchev–Trinajstić information content (AvgIpc) is 2.96. The summed E-state index contributed by atoms with van der Waals surface area (Å²) in [5.74, 6) is -0.330. The van der Waals surface area contributed by atoms with E-state index in [4.69, 9.17) is 4.74 Å². The summed E-state index contributed by atoms with van der Waals surface area (Å²) in [7, 11) is 0. The van der Waals surface area contributed by atoms with E-state index in [1.165, 1.54) is 0 Å². The smallest absolute Gasteiger partial charge is 0.234 e. The van der Waals surface area contributed by atoms with Crippen LogP contribution in [0.5, 0.6) is 0 Å². The molecule has 0 spiro atoms. The fourth-order valence-corrected chi connectivity index (χ4v) is 2.66. The van der Waals surface area contributed by atoms with E-state index in [1.807, 2.05) is 12.2 Å². The first kappa shape index (κ1) is 9.09. The molecule has 15 heavy (non-hydrogen) atoms. The molecule has 2 fully saturated rings. The van der Waals surface area contributed by atoms with E-state index in [0.717, 1.165) is 19.4 Å². The Morgan fingerprint density at radius 1 is 1.40 bits per heavy atom. The van der Waals surface area contributed by atoms with Crippen molar-refractivity contribution >= 4 is 11.8 Å². The molecule has 1 N–H and O–H groups in total. The minimum absolute atomic E-state index is 0.0972. The third-order valence-electron chi connectivity index (χ3n) is 3.50. The Bertz CT molecular complexity index is 346. The van der Waals surface area contributed by atoms with E-state index in [1.54, 1.807) is 0 Å². The second-order valence-electron chi connectivity index (χ2n) is 4.52. The van der Waals surface area contributed by atoms with Gasteiger partial charge in [-0.1, -0.05) is 12.2 Å². The molecule has 0 saturated carbocycles. The van der Waals surface area contributed by atoms with Crippen LogP contribution in [0.15, 0.2) is 12.2 Å². The topological polar surface area (TPSA) is 58.7 Å². The molecule has 0 radical (unpaired) electrons. The van der Waals surface area contributed by atoms with Crippen molar-refractivity contribution in [3.63, 3.8) is 0 Å². The van der Waals surface area contributed by atoms with Gasteiger partial charge >= 0.3 is 0 Å². The lowest BCUT2D eigenvalue weighted by molar-refractivity contribution is -0.126. The van der Waals surface area contributed by atoms with E-state index in [0.29, 0.717) is 6.10 Å². The number of hydrogen-bond donors (Lipinski definition) is 1. The second kappa shape index (κ2) is 3.17. The molecule has 0 aromatic heterocycles. The predicted molar refractivity (Wildman–Crippen MR) is 51.7 cm³/mol. The maximum absolute atomic E-state index is 11.6. The SMILES string of the molecule is O=C1NC(=O)C2C(CC3CO3)CC=CC12. The zero-order valence-corrected chi connectivity index (χ0v) is 8.31. The van der Waals surface area contributed by atoms with Crippen LogP contribution in [0.3, 0.4) is 0 Å². The van der Waals surface area contributed by atoms with Gasteiger partial charge in [-0.25, -0.2) is 0 Å². The van der Waals surface area contributed by atoms with Gasteiger partial charge in [0.25, 0.3) is 0 Å². The Kier molecular flexibility index (Phi) is 1.92. The van der Waals surface area contributed by atoms with Crippen molar-refractivity contribution in [3.05, 3.63) is 12.2 Å². The van der Waals surface area contributed by atoms with Gasteiger partial charge in [0.2, 0.25) is 11.8 Å². The minimum Gasteiger partial charge on any atom is -0.373 e. The molecule has 2 amide bonds. The number of amides is 2. The Balaban J connectivity index is 1.81. The third-order valence-corrected chi connectivity index (χ3v) is 3.50. The molecule has 3 rings (SSSR count). The van der Waals surface area contributed by atoms with Crippen molar-refractivity contribution in [1.82, 2.24) is 5.32 Å². The number of carbonyl (C=O) groups is 2. The Morgan fingerprint density at radius 3 is 2.93 bits per heavy atom. The molecule has 3 aliphatic rings. The van der Waals surface area contributed by atoms with Crippen LogP contribution in [0.1, 0.15) is 12.8 Å². The summed E-state index contributed by atoms with van der Waals surface area (Å²) < 4.78 is 5.18. The van der Waals surface area contributed by atoms with Gasteiger partial charge in [0, 0.05) is 0 Å². The second-order valence-corrected chi connectivity index (χ2v) is 4.52. The lowest BCUT2D eigenvalue weighted by atomic mass is 9.75. The van der Waals surface area contributed by atoms with Crippen LogP contribution < -0.4 is 5.32 Å². The molecule has 4 heteroatoms. The Morgan fingerprint density at radius 2 is 2.20 bits per heavy atom. The van der Waals surface area contributed by atoms with Gasteiger partial charge in [0.1, 0.15) is 0 Å². The normalized spacial score (nSPS) is 42.7. The van der Waals surface area contributed by atoms with Crippen molar-refractivity contribution < 1.29 is 14.3 Å². The van der Waals surface area contributed by atoms with Crippen molar-refractivity contribution in [3.8, 4) is 0 Å². The van der Waals surface area contributed by atoms with Crippen LogP contribution in [0.4, 0.5) is 0 Å². The van der Waals surface area contributed by atoms with E-state index in [9.17, 15) is 9.59 Å². The lowest BCUT2D eigenvalue weighted by Crippen LogP contribution is -2.29. The molecule has 2 saturated heterocycles. The summed E-state index contributed by atoms with van der Waals surface area (Å²) in [5.41, 5.74) is 0. The first-order chi connectivity index (χ1) is 7.25. The summed E-state index contributed by atoms with van der Waals surface area (Å²) in [4.78, 5) is 23.1. The van der Waals surface area contributed by atoms with Gasteiger partial charge in [0.05, 0.1) is 24.5 Å². The summed E-state index contributed by atoms with van der Waals surface area (Å²) in [6.07, 6.45) is 6.01. The minimum atomic E-state index is -0.227. The van der Waals surface area contributed by atoms with Crippen LogP contribution in [-0.4, -0.2) is 24.5 Å². The van der Waals surface area contributed by atoms with Gasteiger partial charge in [0.15, 0.2) is 0 Å². The van der Waals surface area contributed by atoms with E-state index in [2.05, 4.69) is 5.32 Å². The zero-order valence-electron chi connectivity index (χ0n) is 8.31. The molecule has 2 heterocycles. The Hall–Kier alpha value is -1.16. The number of fused-ring (bicyclic) bond motifs is 1. The van der Waals surface area contributed by atoms with E-state index < -0.39 is 0 Å². The number of epoxide rings is 1. The number of nitrogens with one attached hydrogen (secondary N) is 1. The summed E-state index contributed by atoms with van der Waals surface area (Å²) in [5, 5.41) is 2.41. The van der Waals surface area contributed by atoms with E-state index >= 15 is 0 Å². The zero-order chi connectivity index (χ0) is 10.4. The fourth-order valence-electron chi connectivity index (χ4n) is 2.66. The molecule has 0 aromatic rings. The number of carbonyl (C=O) groups excluding carboxylic acids is 2. The first-order valence-corrected chi connectivity index (χ1v) is 5.38. The molecular formula is C11H13NO3. The molecule has 4 atom stereocenters. The number of allylic oxidation sites excluding steroid dienone is 1. The maximum Gasteiger partial charge on any atom is 0.234 e. The van der Waals surface area contributed by atoms with Gasteiger partial charge in [-0.15, -0.1) is 0 Å². The molecule has 4 unspecified atom stereocenters. The first-order valence-electron chi connectivity index (χ1n) is 5.38. The van der Waals surface area contributed by atoms with Crippen LogP contribution in [0.25, 0.3) is 0 Å². The van der Waals surface area contributed by atoms with Gasteiger partial charge in [-0.3, -0.25) is 14.9 Å². The molecule has 2 aliphatic heterocycles. The quantitative estimate of drug-likeness (QED) is 0.401. The van der Waals surface area contributed by atoms with Gasteiger partial charge in [-0.2, -0.15) is 0 Å². The van der Waals surface area contributed by atoms with Crippen LogP contribution >= 0.6 is 0 Å². The van der Waals surface area contributed by atoms with E-state index in [-0.39, 0.29) is 29.6 Å². The monoisotopic (exact) mass is 207 g/mol. The van der Waals surface area contributed by atoms with Crippen LogP contribution in [0, 0.1) is 17.8 Å². The molecule has 0 aromatic carbocycles. The van der Waals surface area contributed by atoms with Crippen LogP contribution in [0.2, 0.25) is 0 Å². The summed E-state index contributed by atoms with van der Waals surface area (Å²) >= 11 is 0. The highest BCUT2D eigenvalue weighted by molar-refractivity contribution is 6.06. The van der Waals surface area contributed by atoms with Gasteiger partial charge in [-0.05, 0) is 18.8 Å². The van der Waals surface area contributed by atoms with Gasteiger partial charge < -0.3 is 4.74 Å². The highest BCUT2D eigenvalue weighted by atomic mass is 16.6. The van der Waals surface area contributed by atoms with Crippen molar-refractivity contribution in [2.45, 2.75) is 18.9 Å². The van der Waals surface area contributed by atoms with Crippen molar-refractivity contribution in [2.24, 2.45) is 17.8 Å². The average molecular weight is 207 g/mol.